The van der Waals surface area contributed by atoms with Crippen LogP contribution in [-0.4, -0.2) is 9.55 Å². The summed E-state index contributed by atoms with van der Waals surface area (Å²) in [6.45, 7) is 6.68. The number of fused-ring (bicyclic) bond motifs is 1. The predicted molar refractivity (Wildman–Crippen MR) is 87.5 cm³/mol. The third kappa shape index (κ3) is 3.01. The quantitative estimate of drug-likeness (QED) is 0.606. The molecule has 0 spiro atoms. The maximum absolute atomic E-state index is 6.15. The number of nitrogens with zero attached hydrogens (tertiary/aromatic N) is 2. The van der Waals surface area contributed by atoms with E-state index in [2.05, 4.69) is 43.5 Å². The normalized spacial score (nSPS) is 13.0. The van der Waals surface area contributed by atoms with Gasteiger partial charge in [-0.15, -0.1) is 11.6 Å². The lowest BCUT2D eigenvalue weighted by Gasteiger charge is -2.21. The molecule has 1 atom stereocenters. The molecule has 1 aromatic heterocycles. The molecule has 1 heterocycles. The topological polar surface area (TPSA) is 17.8 Å². The zero-order valence-corrected chi connectivity index (χ0v) is 13.6. The van der Waals surface area contributed by atoms with Crippen LogP contribution in [0.2, 0.25) is 0 Å². The summed E-state index contributed by atoms with van der Waals surface area (Å²) in [6.07, 6.45) is 6.11. The Morgan fingerprint density at radius 2 is 2.00 bits per heavy atom. The molecule has 0 bridgehead atoms. The van der Waals surface area contributed by atoms with E-state index in [-0.39, 0.29) is 0 Å². The van der Waals surface area contributed by atoms with Crippen LogP contribution in [0.4, 0.5) is 0 Å². The monoisotopic (exact) mass is 292 g/mol. The highest BCUT2D eigenvalue weighted by atomic mass is 35.5. The summed E-state index contributed by atoms with van der Waals surface area (Å²) in [5, 5.41) is 0. The summed E-state index contributed by atoms with van der Waals surface area (Å²) < 4.78 is 2.41. The first-order chi connectivity index (χ1) is 9.72. The lowest BCUT2D eigenvalue weighted by molar-refractivity contribution is 0.418. The van der Waals surface area contributed by atoms with Crippen molar-refractivity contribution in [1.82, 2.24) is 9.55 Å². The van der Waals surface area contributed by atoms with Gasteiger partial charge in [0, 0.05) is 6.04 Å². The van der Waals surface area contributed by atoms with Crippen molar-refractivity contribution in [2.75, 3.05) is 0 Å². The largest absolute Gasteiger partial charge is 0.324 e. The zero-order valence-electron chi connectivity index (χ0n) is 12.8. The molecular weight excluding hydrogens is 268 g/mol. The van der Waals surface area contributed by atoms with Crippen LogP contribution in [-0.2, 0) is 5.88 Å². The fourth-order valence-electron chi connectivity index (χ4n) is 3.03. The molecule has 2 aromatic rings. The molecule has 1 unspecified atom stereocenters. The number of para-hydroxylation sites is 1. The van der Waals surface area contributed by atoms with Crippen molar-refractivity contribution in [2.24, 2.45) is 0 Å². The highest BCUT2D eigenvalue weighted by Crippen LogP contribution is 2.30. The molecule has 3 heteroatoms. The molecule has 1 aromatic carbocycles. The molecular formula is C17H25ClN2. The van der Waals surface area contributed by atoms with E-state index in [1.807, 2.05) is 0 Å². The van der Waals surface area contributed by atoms with Crippen molar-refractivity contribution in [1.29, 1.82) is 0 Å². The number of alkyl halides is 1. The first-order valence-corrected chi connectivity index (χ1v) is 8.28. The number of aryl methyl sites for hydroxylation is 1. The van der Waals surface area contributed by atoms with Crippen molar-refractivity contribution in [3.63, 3.8) is 0 Å². The Bertz CT molecular complexity index is 559. The van der Waals surface area contributed by atoms with Crippen LogP contribution in [0.5, 0.6) is 0 Å². The van der Waals surface area contributed by atoms with Gasteiger partial charge in [-0.3, -0.25) is 0 Å². The second-order valence-corrected chi connectivity index (χ2v) is 5.83. The number of unbranched alkanes of at least 4 members (excludes halogenated alkanes) is 1. The van der Waals surface area contributed by atoms with Gasteiger partial charge in [-0.25, -0.2) is 4.98 Å². The average molecular weight is 293 g/mol. The van der Waals surface area contributed by atoms with E-state index in [9.17, 15) is 0 Å². The van der Waals surface area contributed by atoms with Crippen molar-refractivity contribution in [2.45, 2.75) is 64.8 Å². The first-order valence-electron chi connectivity index (χ1n) is 7.75. The van der Waals surface area contributed by atoms with Gasteiger partial charge in [0.15, 0.2) is 0 Å². The van der Waals surface area contributed by atoms with Crippen LogP contribution in [0.3, 0.4) is 0 Å². The van der Waals surface area contributed by atoms with E-state index in [1.165, 1.54) is 43.2 Å². The van der Waals surface area contributed by atoms with E-state index in [1.54, 1.807) is 0 Å². The van der Waals surface area contributed by atoms with E-state index in [0.717, 1.165) is 11.3 Å². The molecule has 0 saturated carbocycles. The van der Waals surface area contributed by atoms with Gasteiger partial charge in [0.05, 0.1) is 16.9 Å². The predicted octanol–water partition coefficient (Wildman–Crippen LogP) is 5.61. The van der Waals surface area contributed by atoms with Gasteiger partial charge < -0.3 is 4.57 Å². The van der Waals surface area contributed by atoms with Crippen LogP contribution in [0.25, 0.3) is 11.0 Å². The van der Waals surface area contributed by atoms with Crippen molar-refractivity contribution in [3.8, 4) is 0 Å². The Labute approximate surface area is 127 Å². The molecule has 2 rings (SSSR count). The maximum Gasteiger partial charge on any atom is 0.125 e. The Morgan fingerprint density at radius 3 is 2.65 bits per heavy atom. The molecule has 0 N–H and O–H groups in total. The standard InChI is InChI=1S/C17H25ClN2/c1-4-6-10-14(8-5-2)20-16(12-18)19-15-11-7-9-13(3)17(15)20/h7,9,11,14H,4-6,8,10,12H2,1-3H3. The molecule has 0 aliphatic carbocycles. The van der Waals surface area contributed by atoms with Crippen LogP contribution in [0.1, 0.15) is 63.4 Å². The smallest absolute Gasteiger partial charge is 0.125 e. The van der Waals surface area contributed by atoms with Gasteiger partial charge in [-0.2, -0.15) is 0 Å². The number of aromatic nitrogens is 2. The minimum Gasteiger partial charge on any atom is -0.324 e. The molecule has 2 nitrogen and oxygen atoms in total. The number of rotatable bonds is 7. The van der Waals surface area contributed by atoms with E-state index in [0.29, 0.717) is 11.9 Å². The molecule has 110 valence electrons. The van der Waals surface area contributed by atoms with Crippen LogP contribution >= 0.6 is 11.6 Å². The van der Waals surface area contributed by atoms with Crippen molar-refractivity contribution in [3.05, 3.63) is 29.6 Å². The van der Waals surface area contributed by atoms with Gasteiger partial charge in [0.25, 0.3) is 0 Å². The highest BCUT2D eigenvalue weighted by Gasteiger charge is 2.18. The highest BCUT2D eigenvalue weighted by molar-refractivity contribution is 6.16. The summed E-state index contributed by atoms with van der Waals surface area (Å²) in [4.78, 5) is 4.73. The second kappa shape index (κ2) is 7.12. The first kappa shape index (κ1) is 15.4. The fraction of sp³-hybridized carbons (Fsp3) is 0.588. The molecule has 0 aliphatic heterocycles. The minimum absolute atomic E-state index is 0.487. The number of benzene rings is 1. The van der Waals surface area contributed by atoms with Gasteiger partial charge >= 0.3 is 0 Å². The zero-order chi connectivity index (χ0) is 14.5. The summed E-state index contributed by atoms with van der Waals surface area (Å²) >= 11 is 6.15. The lowest BCUT2D eigenvalue weighted by Crippen LogP contribution is -2.12. The Balaban J connectivity index is 2.53. The van der Waals surface area contributed by atoms with Gasteiger partial charge in [0.1, 0.15) is 5.82 Å². The number of halogens is 1. The minimum atomic E-state index is 0.487. The van der Waals surface area contributed by atoms with Crippen LogP contribution < -0.4 is 0 Å². The summed E-state index contributed by atoms with van der Waals surface area (Å²) in [7, 11) is 0. The van der Waals surface area contributed by atoms with E-state index >= 15 is 0 Å². The SMILES string of the molecule is CCCCC(CCC)n1c(CCl)nc2cccc(C)c21. The fourth-order valence-corrected chi connectivity index (χ4v) is 3.22. The van der Waals surface area contributed by atoms with Gasteiger partial charge in [0.2, 0.25) is 0 Å². The number of hydrogen-bond acceptors (Lipinski definition) is 1. The van der Waals surface area contributed by atoms with Gasteiger partial charge in [-0.05, 0) is 31.4 Å². The third-order valence-electron chi connectivity index (χ3n) is 3.98. The van der Waals surface area contributed by atoms with Crippen LogP contribution in [0.15, 0.2) is 18.2 Å². The summed E-state index contributed by atoms with van der Waals surface area (Å²) in [6, 6.07) is 6.87. The average Bonchev–Trinajstić information content (AvgIpc) is 2.83. The Kier molecular flexibility index (Phi) is 5.47. The summed E-state index contributed by atoms with van der Waals surface area (Å²) in [5.41, 5.74) is 3.65. The van der Waals surface area contributed by atoms with Crippen LogP contribution in [0, 0.1) is 6.92 Å². The molecule has 0 aliphatic rings. The van der Waals surface area contributed by atoms with E-state index < -0.39 is 0 Å². The number of imidazole rings is 1. The molecule has 0 amide bonds. The Morgan fingerprint density at radius 1 is 1.20 bits per heavy atom. The maximum atomic E-state index is 6.15. The molecule has 20 heavy (non-hydrogen) atoms. The molecule has 0 saturated heterocycles. The molecule has 0 fully saturated rings. The lowest BCUT2D eigenvalue weighted by atomic mass is 10.0. The summed E-state index contributed by atoms with van der Waals surface area (Å²) in [5.74, 6) is 1.51. The second-order valence-electron chi connectivity index (χ2n) is 5.56. The Hall–Kier alpha value is -1.02. The third-order valence-corrected chi connectivity index (χ3v) is 4.22. The van der Waals surface area contributed by atoms with Crippen molar-refractivity contribution >= 4 is 22.6 Å². The number of hydrogen-bond donors (Lipinski definition) is 0. The molecule has 0 radical (unpaired) electrons. The van der Waals surface area contributed by atoms with Crippen molar-refractivity contribution < 1.29 is 0 Å². The van der Waals surface area contributed by atoms with E-state index in [4.69, 9.17) is 16.6 Å². The van der Waals surface area contributed by atoms with Gasteiger partial charge in [-0.1, -0.05) is 45.2 Å².